The van der Waals surface area contributed by atoms with Crippen LogP contribution in [0.5, 0.6) is 0 Å². The van der Waals surface area contributed by atoms with Crippen LogP contribution in [0.2, 0.25) is 0 Å². The standard InChI is InChI=1S/C14H27N3O/c1-11(2)8-13(10-16)9-14(18)17(12(3)4)7-5-6-15/h11-13H,5,7-10,16H2,1-4H3. The molecule has 0 aliphatic heterocycles. The van der Waals surface area contributed by atoms with Gasteiger partial charge in [0.1, 0.15) is 0 Å². The van der Waals surface area contributed by atoms with Crippen molar-refractivity contribution in [2.24, 2.45) is 17.6 Å². The molecule has 0 radical (unpaired) electrons. The number of hydrogen-bond donors (Lipinski definition) is 1. The largest absolute Gasteiger partial charge is 0.339 e. The maximum atomic E-state index is 12.2. The molecule has 104 valence electrons. The average Bonchev–Trinajstić information content (AvgIpc) is 2.27. The summed E-state index contributed by atoms with van der Waals surface area (Å²) >= 11 is 0. The van der Waals surface area contributed by atoms with Gasteiger partial charge in [-0.25, -0.2) is 0 Å². The van der Waals surface area contributed by atoms with Crippen LogP contribution in [-0.4, -0.2) is 29.9 Å². The highest BCUT2D eigenvalue weighted by atomic mass is 16.2. The summed E-state index contributed by atoms with van der Waals surface area (Å²) < 4.78 is 0. The van der Waals surface area contributed by atoms with E-state index < -0.39 is 0 Å². The predicted molar refractivity (Wildman–Crippen MR) is 73.7 cm³/mol. The van der Waals surface area contributed by atoms with Crippen LogP contribution in [0.3, 0.4) is 0 Å². The van der Waals surface area contributed by atoms with Gasteiger partial charge in [0.15, 0.2) is 0 Å². The van der Waals surface area contributed by atoms with E-state index in [1.54, 1.807) is 4.90 Å². The molecule has 0 aromatic heterocycles. The summed E-state index contributed by atoms with van der Waals surface area (Å²) in [4.78, 5) is 14.0. The molecule has 0 heterocycles. The lowest BCUT2D eigenvalue weighted by Crippen LogP contribution is -2.39. The highest BCUT2D eigenvalue weighted by molar-refractivity contribution is 5.76. The summed E-state index contributed by atoms with van der Waals surface area (Å²) in [6, 6.07) is 2.23. The average molecular weight is 253 g/mol. The van der Waals surface area contributed by atoms with Crippen LogP contribution in [0.1, 0.15) is 47.0 Å². The third kappa shape index (κ3) is 6.61. The van der Waals surface area contributed by atoms with Crippen LogP contribution in [0, 0.1) is 23.2 Å². The zero-order valence-electron chi connectivity index (χ0n) is 12.1. The van der Waals surface area contributed by atoms with Crippen LogP contribution in [-0.2, 0) is 4.79 Å². The molecule has 2 N–H and O–H groups in total. The summed E-state index contributed by atoms with van der Waals surface area (Å²) in [7, 11) is 0. The molecule has 1 unspecified atom stereocenters. The molecular formula is C14H27N3O. The van der Waals surface area contributed by atoms with E-state index >= 15 is 0 Å². The molecule has 0 spiro atoms. The van der Waals surface area contributed by atoms with Crippen LogP contribution >= 0.6 is 0 Å². The van der Waals surface area contributed by atoms with Crippen molar-refractivity contribution in [2.75, 3.05) is 13.1 Å². The minimum absolute atomic E-state index is 0.122. The Morgan fingerprint density at radius 3 is 2.33 bits per heavy atom. The summed E-state index contributed by atoms with van der Waals surface area (Å²) in [5.74, 6) is 0.926. The number of nitriles is 1. The van der Waals surface area contributed by atoms with Crippen LogP contribution < -0.4 is 5.73 Å². The minimum Gasteiger partial charge on any atom is -0.339 e. The molecule has 0 saturated carbocycles. The monoisotopic (exact) mass is 253 g/mol. The Labute approximate surface area is 111 Å². The van der Waals surface area contributed by atoms with E-state index in [0.29, 0.717) is 31.8 Å². The highest BCUT2D eigenvalue weighted by Gasteiger charge is 2.20. The van der Waals surface area contributed by atoms with Crippen molar-refractivity contribution in [2.45, 2.75) is 53.0 Å². The molecule has 18 heavy (non-hydrogen) atoms. The second-order valence-electron chi connectivity index (χ2n) is 5.52. The molecule has 4 nitrogen and oxygen atoms in total. The third-order valence-corrected chi connectivity index (χ3v) is 3.01. The number of nitrogens with two attached hydrogens (primary N) is 1. The molecule has 0 aromatic carbocycles. The van der Waals surface area contributed by atoms with Gasteiger partial charge < -0.3 is 10.6 Å². The fourth-order valence-electron chi connectivity index (χ4n) is 2.14. The lowest BCUT2D eigenvalue weighted by Gasteiger charge is -2.28. The van der Waals surface area contributed by atoms with E-state index in [2.05, 4.69) is 19.9 Å². The van der Waals surface area contributed by atoms with Crippen molar-refractivity contribution in [3.63, 3.8) is 0 Å². The number of carbonyl (C=O) groups is 1. The quantitative estimate of drug-likeness (QED) is 0.720. The molecule has 0 aromatic rings. The van der Waals surface area contributed by atoms with Crippen molar-refractivity contribution >= 4 is 5.91 Å². The molecule has 0 rings (SSSR count). The van der Waals surface area contributed by atoms with Crippen LogP contribution in [0.4, 0.5) is 0 Å². The molecule has 1 amide bonds. The first-order valence-corrected chi connectivity index (χ1v) is 6.78. The normalized spacial score (nSPS) is 12.6. The summed E-state index contributed by atoms with van der Waals surface area (Å²) in [6.07, 6.45) is 1.87. The van der Waals surface area contributed by atoms with Crippen LogP contribution in [0.15, 0.2) is 0 Å². The van der Waals surface area contributed by atoms with Gasteiger partial charge in [0.25, 0.3) is 0 Å². The minimum atomic E-state index is 0.122. The third-order valence-electron chi connectivity index (χ3n) is 3.01. The molecule has 1 atom stereocenters. The first kappa shape index (κ1) is 16.9. The molecule has 0 saturated heterocycles. The number of rotatable bonds is 8. The van der Waals surface area contributed by atoms with Crippen molar-refractivity contribution in [1.29, 1.82) is 5.26 Å². The smallest absolute Gasteiger partial charge is 0.223 e. The van der Waals surface area contributed by atoms with E-state index in [4.69, 9.17) is 11.0 Å². The summed E-state index contributed by atoms with van der Waals surface area (Å²) in [5.41, 5.74) is 5.72. The van der Waals surface area contributed by atoms with Gasteiger partial charge in [-0.1, -0.05) is 13.8 Å². The fraction of sp³-hybridized carbons (Fsp3) is 0.857. The van der Waals surface area contributed by atoms with E-state index in [1.165, 1.54) is 0 Å². The van der Waals surface area contributed by atoms with E-state index in [1.807, 2.05) is 13.8 Å². The van der Waals surface area contributed by atoms with Gasteiger partial charge in [0.05, 0.1) is 12.5 Å². The Kier molecular flexibility index (Phi) is 8.40. The Balaban J connectivity index is 4.43. The second-order valence-corrected chi connectivity index (χ2v) is 5.52. The van der Waals surface area contributed by atoms with Crippen molar-refractivity contribution in [3.05, 3.63) is 0 Å². The number of carbonyl (C=O) groups excluding carboxylic acids is 1. The molecule has 4 heteroatoms. The Morgan fingerprint density at radius 2 is 1.94 bits per heavy atom. The molecule has 0 aliphatic rings. The Bertz CT molecular complexity index is 281. The van der Waals surface area contributed by atoms with Crippen LogP contribution in [0.25, 0.3) is 0 Å². The topological polar surface area (TPSA) is 70.1 Å². The SMILES string of the molecule is CC(C)CC(CN)CC(=O)N(CCC#N)C(C)C. The zero-order chi connectivity index (χ0) is 14.1. The zero-order valence-corrected chi connectivity index (χ0v) is 12.1. The molecule has 0 fully saturated rings. The van der Waals surface area contributed by atoms with Crippen molar-refractivity contribution < 1.29 is 4.79 Å². The maximum Gasteiger partial charge on any atom is 0.223 e. The summed E-state index contributed by atoms with van der Waals surface area (Å²) in [6.45, 7) is 9.32. The van der Waals surface area contributed by atoms with Gasteiger partial charge in [0.2, 0.25) is 5.91 Å². The lowest BCUT2D eigenvalue weighted by molar-refractivity contribution is -0.133. The molecule has 0 aliphatic carbocycles. The fourth-order valence-corrected chi connectivity index (χ4v) is 2.14. The lowest BCUT2D eigenvalue weighted by atomic mass is 9.93. The van der Waals surface area contributed by atoms with Gasteiger partial charge in [-0.15, -0.1) is 0 Å². The van der Waals surface area contributed by atoms with Crippen molar-refractivity contribution in [1.82, 2.24) is 4.90 Å². The predicted octanol–water partition coefficient (Wildman–Crippen LogP) is 2.15. The first-order chi connectivity index (χ1) is 8.42. The van der Waals surface area contributed by atoms with Crippen molar-refractivity contribution in [3.8, 4) is 6.07 Å². The number of nitrogens with zero attached hydrogens (tertiary/aromatic N) is 2. The maximum absolute atomic E-state index is 12.2. The van der Waals surface area contributed by atoms with Gasteiger partial charge in [-0.3, -0.25) is 4.79 Å². The van der Waals surface area contributed by atoms with Gasteiger partial charge in [0, 0.05) is 19.0 Å². The first-order valence-electron chi connectivity index (χ1n) is 6.78. The van der Waals surface area contributed by atoms with Gasteiger partial charge in [-0.05, 0) is 38.6 Å². The van der Waals surface area contributed by atoms with Gasteiger partial charge >= 0.3 is 0 Å². The summed E-state index contributed by atoms with van der Waals surface area (Å²) in [5, 5.41) is 8.62. The Hall–Kier alpha value is -1.08. The van der Waals surface area contributed by atoms with E-state index in [9.17, 15) is 4.79 Å². The Morgan fingerprint density at radius 1 is 1.33 bits per heavy atom. The molecular weight excluding hydrogens is 226 g/mol. The van der Waals surface area contributed by atoms with E-state index in [0.717, 1.165) is 6.42 Å². The highest BCUT2D eigenvalue weighted by Crippen LogP contribution is 2.16. The number of amides is 1. The number of hydrogen-bond acceptors (Lipinski definition) is 3. The van der Waals surface area contributed by atoms with E-state index in [-0.39, 0.29) is 17.9 Å². The molecule has 0 bridgehead atoms. The second kappa shape index (κ2) is 8.93. The van der Waals surface area contributed by atoms with Gasteiger partial charge in [-0.2, -0.15) is 5.26 Å².